The monoisotopic (exact) mass is 347 g/mol. The Balaban J connectivity index is 3.71. The molecule has 0 atom stereocenters. The predicted molar refractivity (Wildman–Crippen MR) is 101 cm³/mol. The van der Waals surface area contributed by atoms with Crippen LogP contribution in [0.1, 0.15) is 45.2 Å². The first kappa shape index (κ1) is 20.7. The highest BCUT2D eigenvalue weighted by atomic mass is 16.4. The van der Waals surface area contributed by atoms with E-state index in [-0.39, 0.29) is 5.92 Å². The normalized spacial score (nSPS) is 10.9. The molecule has 0 saturated heterocycles. The van der Waals surface area contributed by atoms with Crippen LogP contribution in [0.15, 0.2) is 23.8 Å². The van der Waals surface area contributed by atoms with Crippen molar-refractivity contribution in [3.05, 3.63) is 34.9 Å². The van der Waals surface area contributed by atoms with Crippen molar-refractivity contribution in [2.45, 2.75) is 40.5 Å². The second kappa shape index (κ2) is 8.70. The third-order valence-corrected chi connectivity index (χ3v) is 3.90. The molecule has 0 bridgehead atoms. The van der Waals surface area contributed by atoms with Gasteiger partial charge in [-0.05, 0) is 53.5 Å². The molecule has 1 aromatic rings. The molecule has 25 heavy (non-hydrogen) atoms. The van der Waals surface area contributed by atoms with Gasteiger partial charge in [0.25, 0.3) is 0 Å². The summed E-state index contributed by atoms with van der Waals surface area (Å²) in [5.41, 5.74) is 2.59. The standard InChI is InChI=1S/C20H29NO4/c1-12(2)9-14-11-15(21(5)6)7-8-16(14)17(10-13(3)4)18(19(22)23)20(24)25/h7-8,11-13H,9-10H2,1-6H3,(H,22,23)(H,24,25). The fourth-order valence-corrected chi connectivity index (χ4v) is 2.87. The van der Waals surface area contributed by atoms with E-state index in [1.807, 2.05) is 51.0 Å². The molecule has 0 heterocycles. The van der Waals surface area contributed by atoms with Crippen molar-refractivity contribution in [3.63, 3.8) is 0 Å². The summed E-state index contributed by atoms with van der Waals surface area (Å²) in [6.45, 7) is 8.09. The van der Waals surface area contributed by atoms with Crippen LogP contribution in [0.2, 0.25) is 0 Å². The first-order chi connectivity index (χ1) is 11.5. The molecule has 0 aliphatic rings. The van der Waals surface area contributed by atoms with Gasteiger partial charge in [0.1, 0.15) is 5.57 Å². The van der Waals surface area contributed by atoms with Crippen LogP contribution >= 0.6 is 0 Å². The summed E-state index contributed by atoms with van der Waals surface area (Å²) in [6.07, 6.45) is 1.16. The molecular weight excluding hydrogens is 318 g/mol. The number of hydrogen-bond acceptors (Lipinski definition) is 3. The molecule has 0 aromatic heterocycles. The number of carbonyl (C=O) groups is 2. The molecule has 1 aromatic carbocycles. The van der Waals surface area contributed by atoms with Crippen molar-refractivity contribution in [1.82, 2.24) is 0 Å². The molecule has 0 aliphatic heterocycles. The van der Waals surface area contributed by atoms with Gasteiger partial charge in [0, 0.05) is 19.8 Å². The molecule has 0 saturated carbocycles. The number of aliphatic carboxylic acids is 2. The first-order valence-electron chi connectivity index (χ1n) is 8.54. The highest BCUT2D eigenvalue weighted by Gasteiger charge is 2.25. The molecule has 2 N–H and O–H groups in total. The number of carboxylic acids is 2. The summed E-state index contributed by atoms with van der Waals surface area (Å²) in [5, 5.41) is 18.9. The van der Waals surface area contributed by atoms with Crippen LogP contribution in [0.5, 0.6) is 0 Å². The number of allylic oxidation sites excluding steroid dienone is 1. The summed E-state index contributed by atoms with van der Waals surface area (Å²) in [5.74, 6) is -2.27. The number of benzene rings is 1. The van der Waals surface area contributed by atoms with Crippen LogP contribution in [0.3, 0.4) is 0 Å². The molecule has 0 spiro atoms. The third kappa shape index (κ3) is 5.62. The van der Waals surface area contributed by atoms with Gasteiger partial charge >= 0.3 is 11.9 Å². The lowest BCUT2D eigenvalue weighted by Gasteiger charge is -2.21. The lowest BCUT2D eigenvalue weighted by molar-refractivity contribution is -0.140. The van der Waals surface area contributed by atoms with Crippen LogP contribution < -0.4 is 4.90 Å². The van der Waals surface area contributed by atoms with Crippen molar-refractivity contribution >= 4 is 23.2 Å². The minimum atomic E-state index is -1.39. The number of carboxylic acid groups (broad SMARTS) is 2. The SMILES string of the molecule is CC(C)CC(=C(C(=O)O)C(=O)O)c1ccc(N(C)C)cc1CC(C)C. The van der Waals surface area contributed by atoms with E-state index < -0.39 is 17.5 Å². The van der Waals surface area contributed by atoms with E-state index in [1.54, 1.807) is 0 Å². The van der Waals surface area contributed by atoms with Gasteiger partial charge in [-0.3, -0.25) is 0 Å². The molecule has 1 rings (SSSR count). The second-order valence-corrected chi connectivity index (χ2v) is 7.40. The predicted octanol–water partition coefficient (Wildman–Crippen LogP) is 3.92. The molecule has 5 nitrogen and oxygen atoms in total. The van der Waals surface area contributed by atoms with Gasteiger partial charge in [-0.15, -0.1) is 0 Å². The lowest BCUT2D eigenvalue weighted by Crippen LogP contribution is -2.16. The fourth-order valence-electron chi connectivity index (χ4n) is 2.87. The minimum Gasteiger partial charge on any atom is -0.477 e. The second-order valence-electron chi connectivity index (χ2n) is 7.40. The number of rotatable bonds is 8. The summed E-state index contributed by atoms with van der Waals surface area (Å²) >= 11 is 0. The van der Waals surface area contributed by atoms with Crippen LogP contribution in [0.25, 0.3) is 5.57 Å². The number of nitrogens with zero attached hydrogens (tertiary/aromatic N) is 1. The molecule has 138 valence electrons. The van der Waals surface area contributed by atoms with Gasteiger partial charge in [0.05, 0.1) is 0 Å². The topological polar surface area (TPSA) is 77.8 Å². The van der Waals surface area contributed by atoms with Gasteiger partial charge in [0.15, 0.2) is 0 Å². The Morgan fingerprint density at radius 1 is 1.00 bits per heavy atom. The fraction of sp³-hybridized carbons (Fsp3) is 0.500. The highest BCUT2D eigenvalue weighted by molar-refractivity contribution is 6.18. The van der Waals surface area contributed by atoms with Crippen molar-refractivity contribution in [1.29, 1.82) is 0 Å². The maximum Gasteiger partial charge on any atom is 0.343 e. The molecule has 5 heteroatoms. The average Bonchev–Trinajstić information content (AvgIpc) is 2.44. The summed E-state index contributed by atoms with van der Waals surface area (Å²) in [4.78, 5) is 25.2. The summed E-state index contributed by atoms with van der Waals surface area (Å²) in [6, 6.07) is 5.79. The Morgan fingerprint density at radius 2 is 1.56 bits per heavy atom. The zero-order chi connectivity index (χ0) is 19.3. The van der Waals surface area contributed by atoms with E-state index in [2.05, 4.69) is 13.8 Å². The Kier molecular flexibility index (Phi) is 7.22. The zero-order valence-corrected chi connectivity index (χ0v) is 16.0. The van der Waals surface area contributed by atoms with E-state index >= 15 is 0 Å². The highest BCUT2D eigenvalue weighted by Crippen LogP contribution is 2.32. The average molecular weight is 347 g/mol. The van der Waals surface area contributed by atoms with E-state index in [9.17, 15) is 19.8 Å². The number of anilines is 1. The Hall–Kier alpha value is -2.30. The van der Waals surface area contributed by atoms with Crippen molar-refractivity contribution < 1.29 is 19.8 Å². The van der Waals surface area contributed by atoms with E-state index in [4.69, 9.17) is 0 Å². The maximum atomic E-state index is 11.6. The van der Waals surface area contributed by atoms with Crippen molar-refractivity contribution in [3.8, 4) is 0 Å². The Labute approximate surface area is 150 Å². The van der Waals surface area contributed by atoms with Gasteiger partial charge in [0.2, 0.25) is 0 Å². The summed E-state index contributed by atoms with van der Waals surface area (Å²) < 4.78 is 0. The van der Waals surface area contributed by atoms with Crippen LogP contribution in [0.4, 0.5) is 5.69 Å². The zero-order valence-electron chi connectivity index (χ0n) is 16.0. The van der Waals surface area contributed by atoms with Gasteiger partial charge < -0.3 is 15.1 Å². The largest absolute Gasteiger partial charge is 0.477 e. The minimum absolute atomic E-state index is 0.143. The molecule has 0 aliphatic carbocycles. The summed E-state index contributed by atoms with van der Waals surface area (Å²) in [7, 11) is 3.89. The quantitative estimate of drug-likeness (QED) is 0.423. The Bertz CT molecular complexity index is 656. The van der Waals surface area contributed by atoms with Gasteiger partial charge in [-0.1, -0.05) is 33.8 Å². The molecule has 0 amide bonds. The van der Waals surface area contributed by atoms with Crippen LogP contribution in [-0.2, 0) is 16.0 Å². The van der Waals surface area contributed by atoms with Gasteiger partial charge in [-0.25, -0.2) is 9.59 Å². The van der Waals surface area contributed by atoms with Crippen LogP contribution in [-0.4, -0.2) is 36.2 Å². The third-order valence-electron chi connectivity index (χ3n) is 3.90. The van der Waals surface area contributed by atoms with E-state index in [0.717, 1.165) is 23.2 Å². The van der Waals surface area contributed by atoms with E-state index in [0.29, 0.717) is 17.9 Å². The molecule has 0 unspecified atom stereocenters. The molecule has 0 fully saturated rings. The van der Waals surface area contributed by atoms with Crippen molar-refractivity contribution in [2.24, 2.45) is 11.8 Å². The molecule has 0 radical (unpaired) electrons. The first-order valence-corrected chi connectivity index (χ1v) is 8.54. The molecular formula is C20H29NO4. The van der Waals surface area contributed by atoms with E-state index in [1.165, 1.54) is 0 Å². The van der Waals surface area contributed by atoms with Crippen molar-refractivity contribution in [2.75, 3.05) is 19.0 Å². The smallest absolute Gasteiger partial charge is 0.343 e. The Morgan fingerprint density at radius 3 is 1.96 bits per heavy atom. The number of hydrogen-bond donors (Lipinski definition) is 2. The van der Waals surface area contributed by atoms with Crippen LogP contribution in [0, 0.1) is 11.8 Å². The maximum absolute atomic E-state index is 11.6. The van der Waals surface area contributed by atoms with Gasteiger partial charge in [-0.2, -0.15) is 0 Å². The lowest BCUT2D eigenvalue weighted by atomic mass is 9.86.